The van der Waals surface area contributed by atoms with E-state index in [4.69, 9.17) is 5.11 Å². The Balaban J connectivity index is 2.32. The van der Waals surface area contributed by atoms with Crippen LogP contribution in [0.4, 0.5) is 0 Å². The predicted molar refractivity (Wildman–Crippen MR) is 68.3 cm³/mol. The number of hydrogen-bond acceptors (Lipinski definition) is 3. The highest BCUT2D eigenvalue weighted by Crippen LogP contribution is 2.19. The normalized spacial score (nSPS) is 16.1. The lowest BCUT2D eigenvalue weighted by Gasteiger charge is -2.27. The molecule has 0 unspecified atom stereocenters. The molecule has 0 aromatic heterocycles. The number of nitrogens with zero attached hydrogens (tertiary/aromatic N) is 2. The Labute approximate surface area is 99.0 Å². The largest absolute Gasteiger partial charge is 0.395 e. The zero-order chi connectivity index (χ0) is 12.0. The van der Waals surface area contributed by atoms with Gasteiger partial charge in [0.1, 0.15) is 0 Å². The van der Waals surface area contributed by atoms with Gasteiger partial charge in [0.25, 0.3) is 0 Å². The Bertz CT molecular complexity index is 271. The second-order valence-corrected chi connectivity index (χ2v) is 4.62. The third kappa shape index (κ3) is 4.37. The van der Waals surface area contributed by atoms with Crippen LogP contribution in [0, 0.1) is 0 Å². The standard InChI is InChI=1S/C13H24N2O/c1-12-4-6-13(7-5-12)15(3)9-8-14(2)10-11-16/h4,6,16H,5,7-11H2,1-3H3. The van der Waals surface area contributed by atoms with Crippen molar-refractivity contribution >= 4 is 0 Å². The first kappa shape index (κ1) is 13.3. The van der Waals surface area contributed by atoms with Crippen LogP contribution in [-0.2, 0) is 0 Å². The molecule has 0 aliphatic heterocycles. The van der Waals surface area contributed by atoms with Gasteiger partial charge in [-0.3, -0.25) is 0 Å². The van der Waals surface area contributed by atoms with Gasteiger partial charge in [0.15, 0.2) is 0 Å². The van der Waals surface area contributed by atoms with Gasteiger partial charge in [-0.25, -0.2) is 0 Å². The second kappa shape index (κ2) is 6.71. The first-order valence-corrected chi connectivity index (χ1v) is 6.00. The average Bonchev–Trinajstić information content (AvgIpc) is 2.27. The summed E-state index contributed by atoms with van der Waals surface area (Å²) in [6.45, 7) is 5.20. The van der Waals surface area contributed by atoms with Crippen molar-refractivity contribution in [2.75, 3.05) is 40.3 Å². The molecule has 0 radical (unpaired) electrons. The molecule has 0 saturated heterocycles. The van der Waals surface area contributed by atoms with Gasteiger partial charge in [-0.05, 0) is 32.9 Å². The molecule has 0 fully saturated rings. The molecule has 1 N–H and O–H groups in total. The van der Waals surface area contributed by atoms with Crippen molar-refractivity contribution in [3.63, 3.8) is 0 Å². The maximum absolute atomic E-state index is 8.81. The van der Waals surface area contributed by atoms with Crippen LogP contribution in [0.3, 0.4) is 0 Å². The average molecular weight is 224 g/mol. The molecule has 0 bridgehead atoms. The number of aliphatic hydroxyl groups excluding tert-OH is 1. The molecule has 0 aromatic rings. The van der Waals surface area contributed by atoms with Gasteiger partial charge < -0.3 is 14.9 Å². The quantitative estimate of drug-likeness (QED) is 0.740. The van der Waals surface area contributed by atoms with Crippen LogP contribution in [0.25, 0.3) is 0 Å². The minimum absolute atomic E-state index is 0.241. The summed E-state index contributed by atoms with van der Waals surface area (Å²) in [7, 11) is 4.19. The fourth-order valence-electron chi connectivity index (χ4n) is 1.80. The van der Waals surface area contributed by atoms with E-state index >= 15 is 0 Å². The fourth-order valence-corrected chi connectivity index (χ4v) is 1.80. The van der Waals surface area contributed by atoms with Crippen LogP contribution in [0.2, 0.25) is 0 Å². The van der Waals surface area contributed by atoms with E-state index < -0.39 is 0 Å². The highest BCUT2D eigenvalue weighted by atomic mass is 16.3. The lowest BCUT2D eigenvalue weighted by molar-refractivity contribution is 0.209. The van der Waals surface area contributed by atoms with E-state index in [1.54, 1.807) is 0 Å². The van der Waals surface area contributed by atoms with Crippen LogP contribution >= 0.6 is 0 Å². The maximum Gasteiger partial charge on any atom is 0.0558 e. The Morgan fingerprint density at radius 3 is 2.44 bits per heavy atom. The van der Waals surface area contributed by atoms with Crippen LogP contribution in [0.1, 0.15) is 19.8 Å². The fraction of sp³-hybridized carbons (Fsp3) is 0.692. The van der Waals surface area contributed by atoms with E-state index in [1.165, 1.54) is 17.7 Å². The molecule has 3 nitrogen and oxygen atoms in total. The van der Waals surface area contributed by atoms with E-state index in [-0.39, 0.29) is 6.61 Å². The van der Waals surface area contributed by atoms with Crippen LogP contribution in [-0.4, -0.2) is 55.2 Å². The van der Waals surface area contributed by atoms with E-state index in [2.05, 4.69) is 35.9 Å². The molecular weight excluding hydrogens is 200 g/mol. The van der Waals surface area contributed by atoms with Crippen molar-refractivity contribution in [2.24, 2.45) is 0 Å². The maximum atomic E-state index is 8.81. The monoisotopic (exact) mass is 224 g/mol. The SMILES string of the molecule is CC1=CC=C(N(C)CCN(C)CCO)CC1. The van der Waals surface area contributed by atoms with Crippen molar-refractivity contribution in [3.05, 3.63) is 23.4 Å². The molecule has 3 heteroatoms. The molecule has 92 valence electrons. The molecule has 1 aliphatic carbocycles. The molecular formula is C13H24N2O. The third-order valence-corrected chi connectivity index (χ3v) is 3.12. The summed E-state index contributed by atoms with van der Waals surface area (Å²) in [5.41, 5.74) is 2.89. The highest BCUT2D eigenvalue weighted by Gasteiger charge is 2.08. The molecule has 0 amide bonds. The molecule has 1 rings (SSSR count). The minimum atomic E-state index is 0.241. The summed E-state index contributed by atoms with van der Waals surface area (Å²) in [6, 6.07) is 0. The lowest BCUT2D eigenvalue weighted by atomic mass is 10.0. The Kier molecular flexibility index (Phi) is 5.56. The van der Waals surface area contributed by atoms with Crippen molar-refractivity contribution in [1.82, 2.24) is 9.80 Å². The van der Waals surface area contributed by atoms with Crippen molar-refractivity contribution < 1.29 is 5.11 Å². The minimum Gasteiger partial charge on any atom is -0.395 e. The zero-order valence-electron chi connectivity index (χ0n) is 10.7. The smallest absolute Gasteiger partial charge is 0.0558 e. The number of allylic oxidation sites excluding steroid dienone is 4. The van der Waals surface area contributed by atoms with Gasteiger partial charge in [-0.2, -0.15) is 0 Å². The number of likely N-dealkylation sites (N-methyl/N-ethyl adjacent to an activating group) is 2. The summed E-state index contributed by atoms with van der Waals surface area (Å²) in [6.07, 6.45) is 6.78. The zero-order valence-corrected chi connectivity index (χ0v) is 10.7. The topological polar surface area (TPSA) is 26.7 Å². The van der Waals surface area contributed by atoms with Crippen molar-refractivity contribution in [3.8, 4) is 0 Å². The first-order valence-electron chi connectivity index (χ1n) is 6.00. The Morgan fingerprint density at radius 2 is 1.88 bits per heavy atom. The predicted octanol–water partition coefficient (Wildman–Crippen LogP) is 1.47. The summed E-state index contributed by atoms with van der Waals surface area (Å²) in [5, 5.41) is 8.81. The first-order chi connectivity index (χ1) is 7.63. The lowest BCUT2D eigenvalue weighted by Crippen LogP contribution is -2.32. The van der Waals surface area contributed by atoms with Crippen LogP contribution < -0.4 is 0 Å². The highest BCUT2D eigenvalue weighted by molar-refractivity contribution is 5.21. The van der Waals surface area contributed by atoms with E-state index in [0.29, 0.717) is 0 Å². The van der Waals surface area contributed by atoms with E-state index in [9.17, 15) is 0 Å². The van der Waals surface area contributed by atoms with Crippen molar-refractivity contribution in [1.29, 1.82) is 0 Å². The summed E-state index contributed by atoms with van der Waals surface area (Å²) in [4.78, 5) is 4.47. The van der Waals surface area contributed by atoms with Gasteiger partial charge in [0.2, 0.25) is 0 Å². The van der Waals surface area contributed by atoms with Crippen molar-refractivity contribution in [2.45, 2.75) is 19.8 Å². The van der Waals surface area contributed by atoms with Gasteiger partial charge >= 0.3 is 0 Å². The van der Waals surface area contributed by atoms with Gasteiger partial charge in [-0.1, -0.05) is 11.6 Å². The Hall–Kier alpha value is -0.800. The number of rotatable bonds is 6. The van der Waals surface area contributed by atoms with Crippen LogP contribution in [0.5, 0.6) is 0 Å². The summed E-state index contributed by atoms with van der Waals surface area (Å²) >= 11 is 0. The molecule has 0 atom stereocenters. The van der Waals surface area contributed by atoms with Gasteiger partial charge in [0, 0.05) is 32.4 Å². The summed E-state index contributed by atoms with van der Waals surface area (Å²) in [5.74, 6) is 0. The van der Waals surface area contributed by atoms with E-state index in [0.717, 1.165) is 26.1 Å². The number of hydrogen-bond donors (Lipinski definition) is 1. The Morgan fingerprint density at radius 1 is 1.12 bits per heavy atom. The summed E-state index contributed by atoms with van der Waals surface area (Å²) < 4.78 is 0. The number of aliphatic hydroxyl groups is 1. The van der Waals surface area contributed by atoms with Gasteiger partial charge in [-0.15, -0.1) is 0 Å². The van der Waals surface area contributed by atoms with E-state index in [1.807, 2.05) is 7.05 Å². The van der Waals surface area contributed by atoms with Crippen LogP contribution in [0.15, 0.2) is 23.4 Å². The molecule has 16 heavy (non-hydrogen) atoms. The molecule has 1 aliphatic rings. The molecule has 0 aromatic carbocycles. The molecule has 0 spiro atoms. The van der Waals surface area contributed by atoms with Gasteiger partial charge in [0.05, 0.1) is 6.61 Å². The second-order valence-electron chi connectivity index (χ2n) is 4.62. The molecule has 0 heterocycles. The molecule has 0 saturated carbocycles. The third-order valence-electron chi connectivity index (χ3n) is 3.12.